The second-order valence-corrected chi connectivity index (χ2v) is 14.6. The Kier molecular flexibility index (Phi) is 11.3. The van der Waals surface area contributed by atoms with Gasteiger partial charge in [-0.15, -0.1) is 0 Å². The molecule has 1 aliphatic heterocycles. The molecule has 260 valence electrons. The number of nitrogens with zero attached hydrogens (tertiary/aromatic N) is 2. The van der Waals surface area contributed by atoms with Gasteiger partial charge in [-0.2, -0.15) is 4.72 Å². The number of aliphatic hydroxyl groups excluding tert-OH is 1. The van der Waals surface area contributed by atoms with Gasteiger partial charge in [0.15, 0.2) is 11.4 Å². The van der Waals surface area contributed by atoms with Crippen molar-refractivity contribution in [2.45, 2.75) is 62.4 Å². The monoisotopic (exact) mass is 734 g/mol. The van der Waals surface area contributed by atoms with E-state index in [0.29, 0.717) is 29.4 Å². The van der Waals surface area contributed by atoms with Gasteiger partial charge in [-0.25, -0.2) is 13.4 Å². The fourth-order valence-electron chi connectivity index (χ4n) is 5.73. The standard InChI is InChI=1S/C37H36Cl2N4O6S/c1-24-10-16-31(17-11-24)50(46,47)42-32(18-25-6-3-2-4-7-25)36(45)41-29-9-5-8-28(19-29)37-48-30(21-43-23-40-34(38)35(43)39)20-33(49-37)27-14-12-26(22-44)13-15-27/h2-17,19,23,30,32-33,37,42,44H,18,20-22H2,1H3,(H,41,45)/t30-,32+,33+,37+/m0/s1. The van der Waals surface area contributed by atoms with E-state index in [2.05, 4.69) is 15.0 Å². The highest BCUT2D eigenvalue weighted by Gasteiger charge is 2.33. The normalized spacial score (nSPS) is 18.4. The number of aromatic nitrogens is 2. The summed E-state index contributed by atoms with van der Waals surface area (Å²) in [5.41, 5.74) is 4.47. The number of carbonyl (C=O) groups excluding carboxylic acids is 1. The summed E-state index contributed by atoms with van der Waals surface area (Å²) in [4.78, 5) is 17.9. The minimum atomic E-state index is -4.02. The van der Waals surface area contributed by atoms with E-state index in [1.165, 1.54) is 12.1 Å². The van der Waals surface area contributed by atoms with Crippen molar-refractivity contribution in [3.63, 3.8) is 0 Å². The highest BCUT2D eigenvalue weighted by atomic mass is 35.5. The maximum atomic E-state index is 13.8. The maximum Gasteiger partial charge on any atom is 0.242 e. The van der Waals surface area contributed by atoms with Gasteiger partial charge in [0.1, 0.15) is 11.2 Å². The number of nitrogens with one attached hydrogen (secondary N) is 2. The largest absolute Gasteiger partial charge is 0.392 e. The summed E-state index contributed by atoms with van der Waals surface area (Å²) in [5, 5.41) is 12.9. The summed E-state index contributed by atoms with van der Waals surface area (Å²) in [6, 6.07) is 29.1. The third-order valence-corrected chi connectivity index (χ3v) is 10.7. The van der Waals surface area contributed by atoms with Crippen molar-refractivity contribution in [1.82, 2.24) is 14.3 Å². The average Bonchev–Trinajstić information content (AvgIpc) is 3.44. The van der Waals surface area contributed by atoms with Crippen molar-refractivity contribution in [3.05, 3.63) is 148 Å². The molecule has 10 nitrogen and oxygen atoms in total. The molecule has 0 bridgehead atoms. The molecule has 4 atom stereocenters. The van der Waals surface area contributed by atoms with Gasteiger partial charge in [-0.05, 0) is 54.3 Å². The molecule has 1 aromatic heterocycles. The van der Waals surface area contributed by atoms with Crippen LogP contribution in [0.4, 0.5) is 5.69 Å². The van der Waals surface area contributed by atoms with Crippen LogP contribution in [-0.2, 0) is 43.9 Å². The summed E-state index contributed by atoms with van der Waals surface area (Å²) >= 11 is 12.5. The first-order valence-corrected chi connectivity index (χ1v) is 18.2. The highest BCUT2D eigenvalue weighted by molar-refractivity contribution is 7.89. The van der Waals surface area contributed by atoms with Crippen LogP contribution in [0.5, 0.6) is 0 Å². The third kappa shape index (κ3) is 8.80. The summed E-state index contributed by atoms with van der Waals surface area (Å²) in [7, 11) is -4.02. The number of hydrogen-bond donors (Lipinski definition) is 3. The number of sulfonamides is 1. The number of amides is 1. The van der Waals surface area contributed by atoms with E-state index < -0.39 is 28.3 Å². The van der Waals surface area contributed by atoms with Crippen LogP contribution in [0.1, 0.15) is 46.6 Å². The van der Waals surface area contributed by atoms with Gasteiger partial charge in [-0.1, -0.05) is 108 Å². The molecule has 3 N–H and O–H groups in total. The molecule has 1 fully saturated rings. The van der Waals surface area contributed by atoms with Crippen LogP contribution in [0.15, 0.2) is 114 Å². The zero-order chi connectivity index (χ0) is 35.3. The topological polar surface area (TPSA) is 132 Å². The van der Waals surface area contributed by atoms with Crippen LogP contribution in [0.3, 0.4) is 0 Å². The third-order valence-electron chi connectivity index (χ3n) is 8.40. The van der Waals surface area contributed by atoms with Crippen molar-refractivity contribution < 1.29 is 27.8 Å². The quantitative estimate of drug-likeness (QED) is 0.129. The number of benzene rings is 4. The second-order valence-electron chi connectivity index (χ2n) is 12.1. The van der Waals surface area contributed by atoms with Gasteiger partial charge >= 0.3 is 0 Å². The molecule has 0 spiro atoms. The Labute approximate surface area is 301 Å². The van der Waals surface area contributed by atoms with Crippen LogP contribution < -0.4 is 10.0 Å². The molecule has 2 heterocycles. The van der Waals surface area contributed by atoms with Gasteiger partial charge in [0, 0.05) is 17.7 Å². The number of halogens is 2. The van der Waals surface area contributed by atoms with Gasteiger partial charge < -0.3 is 24.5 Å². The molecule has 1 saturated heterocycles. The summed E-state index contributed by atoms with van der Waals surface area (Å²) in [6.07, 6.45) is 0.632. The Balaban J connectivity index is 1.24. The number of hydrogen-bond acceptors (Lipinski definition) is 7. The number of anilines is 1. The molecule has 0 aliphatic carbocycles. The zero-order valence-corrected chi connectivity index (χ0v) is 29.4. The Hall–Kier alpha value is -4.07. The van der Waals surface area contributed by atoms with E-state index in [9.17, 15) is 18.3 Å². The van der Waals surface area contributed by atoms with Crippen molar-refractivity contribution in [3.8, 4) is 0 Å². The Morgan fingerprint density at radius 2 is 1.68 bits per heavy atom. The summed E-state index contributed by atoms with van der Waals surface area (Å²) < 4.78 is 44.0. The van der Waals surface area contributed by atoms with Crippen molar-refractivity contribution in [2.75, 3.05) is 5.32 Å². The number of carbonyl (C=O) groups is 1. The minimum absolute atomic E-state index is 0.0666. The van der Waals surface area contributed by atoms with E-state index in [1.54, 1.807) is 41.2 Å². The molecule has 0 radical (unpaired) electrons. The first-order chi connectivity index (χ1) is 24.1. The van der Waals surface area contributed by atoms with E-state index in [1.807, 2.05) is 67.6 Å². The molecule has 4 aromatic carbocycles. The Morgan fingerprint density at radius 3 is 2.36 bits per heavy atom. The molecule has 0 unspecified atom stereocenters. The van der Waals surface area contributed by atoms with E-state index in [0.717, 1.165) is 22.3 Å². The lowest BCUT2D eigenvalue weighted by atomic mass is 10.00. The lowest BCUT2D eigenvalue weighted by molar-refractivity contribution is -0.252. The first kappa shape index (κ1) is 35.7. The molecule has 6 rings (SSSR count). The second kappa shape index (κ2) is 15.9. The van der Waals surface area contributed by atoms with Crippen LogP contribution in [0, 0.1) is 6.92 Å². The van der Waals surface area contributed by atoms with E-state index in [-0.39, 0.29) is 35.3 Å². The fraction of sp³-hybridized carbons (Fsp3) is 0.243. The SMILES string of the molecule is Cc1ccc(S(=O)(=O)N[C@H](Cc2ccccc2)C(=O)Nc2cccc([C@@H]3O[C@H](Cn4cnc(Cl)c4Cl)C[C@H](c4ccc(CO)cc4)O3)c2)cc1. The van der Waals surface area contributed by atoms with Crippen LogP contribution in [0.25, 0.3) is 0 Å². The van der Waals surface area contributed by atoms with Crippen LogP contribution in [-0.4, -0.2) is 41.1 Å². The molecule has 1 amide bonds. The van der Waals surface area contributed by atoms with Crippen LogP contribution in [0.2, 0.25) is 10.3 Å². The van der Waals surface area contributed by atoms with Crippen molar-refractivity contribution in [1.29, 1.82) is 0 Å². The number of rotatable bonds is 12. The molecule has 5 aromatic rings. The van der Waals surface area contributed by atoms with Gasteiger partial charge in [0.05, 0.1) is 36.6 Å². The fourth-order valence-corrected chi connectivity index (χ4v) is 7.23. The predicted molar refractivity (Wildman–Crippen MR) is 191 cm³/mol. The number of aryl methyl sites for hydroxylation is 1. The minimum Gasteiger partial charge on any atom is -0.392 e. The maximum absolute atomic E-state index is 13.8. The van der Waals surface area contributed by atoms with Crippen molar-refractivity contribution in [2.24, 2.45) is 0 Å². The first-order valence-electron chi connectivity index (χ1n) is 16.0. The predicted octanol–water partition coefficient (Wildman–Crippen LogP) is 6.76. The zero-order valence-electron chi connectivity index (χ0n) is 27.1. The van der Waals surface area contributed by atoms with Crippen molar-refractivity contribution >= 4 is 44.8 Å². The average molecular weight is 736 g/mol. The summed E-state index contributed by atoms with van der Waals surface area (Å²) in [5.74, 6) is -0.529. The number of aliphatic hydroxyl groups is 1. The Bertz CT molecular complexity index is 2030. The summed E-state index contributed by atoms with van der Waals surface area (Å²) in [6.45, 7) is 2.16. The molecule has 50 heavy (non-hydrogen) atoms. The smallest absolute Gasteiger partial charge is 0.242 e. The lowest BCUT2D eigenvalue weighted by Gasteiger charge is -2.36. The Morgan fingerprint density at radius 1 is 0.940 bits per heavy atom. The van der Waals surface area contributed by atoms with Gasteiger partial charge in [0.2, 0.25) is 15.9 Å². The lowest BCUT2D eigenvalue weighted by Crippen LogP contribution is -2.45. The molecule has 1 aliphatic rings. The molecular weight excluding hydrogens is 699 g/mol. The molecular formula is C37H36Cl2N4O6S. The van der Waals surface area contributed by atoms with Gasteiger partial charge in [-0.3, -0.25) is 4.79 Å². The van der Waals surface area contributed by atoms with Crippen LogP contribution >= 0.6 is 23.2 Å². The van der Waals surface area contributed by atoms with E-state index in [4.69, 9.17) is 32.7 Å². The molecule has 13 heteroatoms. The van der Waals surface area contributed by atoms with E-state index >= 15 is 0 Å². The number of ether oxygens (including phenoxy) is 2. The van der Waals surface area contributed by atoms with Gasteiger partial charge in [0.25, 0.3) is 0 Å². The number of imidazole rings is 1. The highest BCUT2D eigenvalue weighted by Crippen LogP contribution is 2.39. The molecule has 0 saturated carbocycles.